The van der Waals surface area contributed by atoms with Crippen LogP contribution in [0, 0.1) is 5.41 Å². The normalized spacial score (nSPS) is 25.9. The molecule has 0 radical (unpaired) electrons. The Kier molecular flexibility index (Phi) is 2.36. The zero-order valence-corrected chi connectivity index (χ0v) is 9.52. The van der Waals surface area contributed by atoms with Gasteiger partial charge in [-0.2, -0.15) is 0 Å². The number of aliphatic hydroxyl groups excluding tert-OH is 1. The van der Waals surface area contributed by atoms with E-state index in [0.29, 0.717) is 12.5 Å². The predicted octanol–water partition coefficient (Wildman–Crippen LogP) is 3.35. The Morgan fingerprint density at radius 2 is 1.94 bits per heavy atom. The number of fused-ring (bicyclic) bond motifs is 1. The van der Waals surface area contributed by atoms with E-state index in [-0.39, 0.29) is 5.41 Å². The van der Waals surface area contributed by atoms with Crippen molar-refractivity contribution in [2.24, 2.45) is 5.41 Å². The first kappa shape index (κ1) is 10.1. The van der Waals surface area contributed by atoms with Gasteiger partial charge in [0, 0.05) is 17.9 Å². The topological polar surface area (TPSA) is 20.2 Å². The van der Waals surface area contributed by atoms with Crippen molar-refractivity contribution in [2.75, 3.05) is 6.61 Å². The van der Waals surface area contributed by atoms with Crippen molar-refractivity contribution < 1.29 is 5.11 Å². The molecule has 1 heteroatoms. The van der Waals surface area contributed by atoms with Gasteiger partial charge in [-0.05, 0) is 24.0 Å². The smallest absolute Gasteiger partial charge is 0.0496 e. The summed E-state index contributed by atoms with van der Waals surface area (Å²) in [5.74, 6) is 0.441. The molecular formula is C15H18O. The maximum absolute atomic E-state index is 9.77. The molecule has 16 heavy (non-hydrogen) atoms. The van der Waals surface area contributed by atoms with Crippen molar-refractivity contribution >= 4 is 6.08 Å². The van der Waals surface area contributed by atoms with Gasteiger partial charge in [0.05, 0.1) is 0 Å². The van der Waals surface area contributed by atoms with Gasteiger partial charge >= 0.3 is 0 Å². The molecule has 0 aromatic heterocycles. The molecule has 0 spiro atoms. The van der Waals surface area contributed by atoms with Gasteiger partial charge in [-0.3, -0.25) is 0 Å². The molecule has 1 aromatic rings. The third-order valence-corrected chi connectivity index (χ3v) is 4.37. The first-order valence-corrected chi connectivity index (χ1v) is 6.24. The summed E-state index contributed by atoms with van der Waals surface area (Å²) in [5, 5.41) is 9.77. The van der Waals surface area contributed by atoms with E-state index in [1.165, 1.54) is 36.8 Å². The average molecular weight is 214 g/mol. The fraction of sp³-hybridized carbons (Fsp3) is 0.467. The predicted molar refractivity (Wildman–Crippen MR) is 66.2 cm³/mol. The second kappa shape index (κ2) is 3.74. The Morgan fingerprint density at radius 3 is 2.69 bits per heavy atom. The van der Waals surface area contributed by atoms with E-state index in [1.54, 1.807) is 0 Å². The van der Waals surface area contributed by atoms with E-state index in [4.69, 9.17) is 0 Å². The van der Waals surface area contributed by atoms with Gasteiger partial charge in [0.15, 0.2) is 0 Å². The van der Waals surface area contributed by atoms with Crippen molar-refractivity contribution in [1.82, 2.24) is 0 Å². The summed E-state index contributed by atoms with van der Waals surface area (Å²) >= 11 is 0. The summed E-state index contributed by atoms with van der Waals surface area (Å²) in [6, 6.07) is 8.59. The van der Waals surface area contributed by atoms with E-state index in [1.807, 2.05) is 0 Å². The summed E-state index contributed by atoms with van der Waals surface area (Å²) < 4.78 is 0. The quantitative estimate of drug-likeness (QED) is 0.800. The van der Waals surface area contributed by atoms with Crippen molar-refractivity contribution in [3.63, 3.8) is 0 Å². The van der Waals surface area contributed by atoms with Gasteiger partial charge in [0.25, 0.3) is 0 Å². The molecule has 0 bridgehead atoms. The summed E-state index contributed by atoms with van der Waals surface area (Å²) in [5.41, 5.74) is 2.88. The van der Waals surface area contributed by atoms with E-state index >= 15 is 0 Å². The van der Waals surface area contributed by atoms with Crippen LogP contribution in [0.25, 0.3) is 6.08 Å². The van der Waals surface area contributed by atoms with Gasteiger partial charge in [0.1, 0.15) is 0 Å². The Hall–Kier alpha value is -1.08. The molecular weight excluding hydrogens is 196 g/mol. The van der Waals surface area contributed by atoms with Crippen LogP contribution in [0.2, 0.25) is 0 Å². The van der Waals surface area contributed by atoms with Crippen molar-refractivity contribution in [3.05, 3.63) is 41.5 Å². The molecule has 0 saturated heterocycles. The van der Waals surface area contributed by atoms with E-state index in [0.717, 1.165) is 0 Å². The number of rotatable bonds is 2. The van der Waals surface area contributed by atoms with Crippen LogP contribution in [0.5, 0.6) is 0 Å². The zero-order valence-electron chi connectivity index (χ0n) is 9.52. The molecule has 1 nitrogen and oxygen atoms in total. The lowest BCUT2D eigenvalue weighted by atomic mass is 9.72. The zero-order chi connectivity index (χ0) is 11.0. The molecule has 84 valence electrons. The highest BCUT2D eigenvalue weighted by molar-refractivity contribution is 5.63. The first-order chi connectivity index (χ1) is 7.86. The average Bonchev–Trinajstić information content (AvgIpc) is 2.96. The second-order valence-electron chi connectivity index (χ2n) is 5.19. The van der Waals surface area contributed by atoms with Crippen LogP contribution in [0.4, 0.5) is 0 Å². The van der Waals surface area contributed by atoms with Crippen molar-refractivity contribution in [3.8, 4) is 0 Å². The minimum atomic E-state index is 0.128. The van der Waals surface area contributed by atoms with E-state index in [9.17, 15) is 5.11 Å². The van der Waals surface area contributed by atoms with Crippen LogP contribution in [-0.4, -0.2) is 11.7 Å². The minimum Gasteiger partial charge on any atom is -0.396 e. The van der Waals surface area contributed by atoms with Gasteiger partial charge < -0.3 is 5.11 Å². The molecule has 3 rings (SSSR count). The second-order valence-corrected chi connectivity index (χ2v) is 5.19. The van der Waals surface area contributed by atoms with Gasteiger partial charge in [-0.1, -0.05) is 49.3 Å². The largest absolute Gasteiger partial charge is 0.396 e. The van der Waals surface area contributed by atoms with E-state index in [2.05, 4.69) is 36.4 Å². The minimum absolute atomic E-state index is 0.128. The lowest BCUT2D eigenvalue weighted by molar-refractivity contribution is 0.116. The molecule has 1 saturated carbocycles. The third kappa shape index (κ3) is 1.35. The number of allylic oxidation sites excluding steroid dienone is 1. The summed E-state index contributed by atoms with van der Waals surface area (Å²) in [7, 11) is 0. The lowest BCUT2D eigenvalue weighted by Gasteiger charge is -2.33. The Labute approximate surface area is 96.8 Å². The Morgan fingerprint density at radius 1 is 1.19 bits per heavy atom. The monoisotopic (exact) mass is 214 g/mol. The lowest BCUT2D eigenvalue weighted by Crippen LogP contribution is -2.28. The maximum Gasteiger partial charge on any atom is 0.0496 e. The molecule has 1 aromatic carbocycles. The molecule has 1 unspecified atom stereocenters. The fourth-order valence-corrected chi connectivity index (χ4v) is 3.43. The highest BCUT2D eigenvalue weighted by atomic mass is 16.3. The molecule has 0 amide bonds. The summed E-state index contributed by atoms with van der Waals surface area (Å²) in [4.78, 5) is 0. The molecule has 0 aliphatic heterocycles. The summed E-state index contributed by atoms with van der Waals surface area (Å²) in [6.45, 7) is 0.330. The van der Waals surface area contributed by atoms with Crippen LogP contribution in [0.15, 0.2) is 30.3 Å². The van der Waals surface area contributed by atoms with Gasteiger partial charge in [0.2, 0.25) is 0 Å². The SMILES string of the molecule is OCC1(C2C=Cc3ccccc32)CCCC1. The molecule has 0 heterocycles. The standard InChI is InChI=1S/C15H18O/c16-11-15(9-3-4-10-15)14-8-7-12-5-1-2-6-13(12)14/h1-2,5-8,14,16H,3-4,9-11H2. The molecule has 1 N–H and O–H groups in total. The van der Waals surface area contributed by atoms with Gasteiger partial charge in [-0.25, -0.2) is 0 Å². The van der Waals surface area contributed by atoms with Crippen LogP contribution < -0.4 is 0 Å². The molecule has 2 aliphatic rings. The fourth-order valence-electron chi connectivity index (χ4n) is 3.43. The van der Waals surface area contributed by atoms with Crippen LogP contribution in [0.1, 0.15) is 42.7 Å². The molecule has 2 aliphatic carbocycles. The van der Waals surface area contributed by atoms with Crippen LogP contribution >= 0.6 is 0 Å². The maximum atomic E-state index is 9.77. The first-order valence-electron chi connectivity index (χ1n) is 6.24. The number of hydrogen-bond donors (Lipinski definition) is 1. The number of hydrogen-bond acceptors (Lipinski definition) is 1. The third-order valence-electron chi connectivity index (χ3n) is 4.37. The Balaban J connectivity index is 2.00. The van der Waals surface area contributed by atoms with Crippen molar-refractivity contribution in [1.29, 1.82) is 0 Å². The Bertz CT molecular complexity index is 413. The number of aliphatic hydroxyl groups is 1. The number of benzene rings is 1. The van der Waals surface area contributed by atoms with Crippen LogP contribution in [-0.2, 0) is 0 Å². The van der Waals surface area contributed by atoms with Gasteiger partial charge in [-0.15, -0.1) is 0 Å². The van der Waals surface area contributed by atoms with E-state index < -0.39 is 0 Å². The van der Waals surface area contributed by atoms with Crippen molar-refractivity contribution in [2.45, 2.75) is 31.6 Å². The molecule has 1 atom stereocenters. The summed E-state index contributed by atoms with van der Waals surface area (Å²) in [6.07, 6.45) is 9.40. The van der Waals surface area contributed by atoms with Crippen LogP contribution in [0.3, 0.4) is 0 Å². The highest BCUT2D eigenvalue weighted by Gasteiger charge is 2.42. The highest BCUT2D eigenvalue weighted by Crippen LogP contribution is 2.52. The molecule has 1 fully saturated rings.